The number of hydrogen-bond acceptors (Lipinski definition) is 4. The van der Waals surface area contributed by atoms with Crippen LogP contribution in [0, 0.1) is 0 Å². The number of aromatic nitrogens is 2. The Morgan fingerprint density at radius 3 is 2.70 bits per heavy atom. The zero-order valence-corrected chi connectivity index (χ0v) is 14.1. The molecule has 1 atom stereocenters. The van der Waals surface area contributed by atoms with E-state index in [0.717, 1.165) is 30.3 Å². The molecule has 1 aliphatic heterocycles. The summed E-state index contributed by atoms with van der Waals surface area (Å²) in [5.74, 6) is 1.90. The Morgan fingerprint density at radius 1 is 1.13 bits per heavy atom. The summed E-state index contributed by atoms with van der Waals surface area (Å²) in [6, 6.07) is 11.2. The lowest BCUT2D eigenvalue weighted by Gasteiger charge is -2.36. The molecule has 1 unspecified atom stereocenters. The molecule has 0 amide bonds. The quantitative estimate of drug-likeness (QED) is 0.879. The normalized spacial score (nSPS) is 18.0. The van der Waals surface area contributed by atoms with Crippen molar-refractivity contribution in [2.24, 2.45) is 0 Å². The van der Waals surface area contributed by atoms with Crippen molar-refractivity contribution >= 4 is 17.3 Å². The molecule has 1 aromatic carbocycles. The summed E-state index contributed by atoms with van der Waals surface area (Å²) in [5, 5.41) is 3.39. The summed E-state index contributed by atoms with van der Waals surface area (Å²) in [5.41, 5.74) is 2.41. The van der Waals surface area contributed by atoms with Gasteiger partial charge in [-0.2, -0.15) is 0 Å². The van der Waals surface area contributed by atoms with Crippen LogP contribution in [0.5, 0.6) is 0 Å². The van der Waals surface area contributed by atoms with Crippen LogP contribution in [0.2, 0.25) is 0 Å². The average Bonchev–Trinajstić information content (AvgIpc) is 2.62. The van der Waals surface area contributed by atoms with Crippen molar-refractivity contribution in [1.29, 1.82) is 0 Å². The van der Waals surface area contributed by atoms with Crippen LogP contribution in [0.25, 0.3) is 0 Å². The van der Waals surface area contributed by atoms with E-state index in [1.807, 2.05) is 0 Å². The molecule has 0 radical (unpaired) electrons. The van der Waals surface area contributed by atoms with Crippen molar-refractivity contribution < 1.29 is 0 Å². The van der Waals surface area contributed by atoms with E-state index in [2.05, 4.69) is 64.4 Å². The third-order valence-electron chi connectivity index (χ3n) is 4.68. The lowest BCUT2D eigenvalue weighted by Crippen LogP contribution is -2.39. The Kier molecular flexibility index (Phi) is 5.11. The zero-order chi connectivity index (χ0) is 16.1. The van der Waals surface area contributed by atoms with Crippen molar-refractivity contribution in [2.75, 3.05) is 16.8 Å². The summed E-state index contributed by atoms with van der Waals surface area (Å²) >= 11 is 0. The van der Waals surface area contributed by atoms with Gasteiger partial charge in [-0.1, -0.05) is 26.0 Å². The van der Waals surface area contributed by atoms with Crippen LogP contribution in [-0.2, 0) is 6.42 Å². The SMILES string of the molecule is CCc1ccc(Nc2cc(N3CCCCC3CC)ncn2)cc1. The second-order valence-corrected chi connectivity index (χ2v) is 6.19. The molecule has 4 heteroatoms. The van der Waals surface area contributed by atoms with Crippen LogP contribution >= 0.6 is 0 Å². The van der Waals surface area contributed by atoms with E-state index in [-0.39, 0.29) is 0 Å². The van der Waals surface area contributed by atoms with E-state index < -0.39 is 0 Å². The summed E-state index contributed by atoms with van der Waals surface area (Å²) in [6.07, 6.45) is 7.74. The van der Waals surface area contributed by atoms with Crippen molar-refractivity contribution in [2.45, 2.75) is 52.0 Å². The molecular formula is C19H26N4. The zero-order valence-electron chi connectivity index (χ0n) is 14.1. The standard InChI is InChI=1S/C19H26N4/c1-3-15-8-10-16(11-9-15)22-18-13-19(21-14-20-18)23-12-6-5-7-17(23)4-2/h8-11,13-14,17H,3-7,12H2,1-2H3,(H,20,21,22). The fourth-order valence-electron chi connectivity index (χ4n) is 3.27. The average molecular weight is 310 g/mol. The van der Waals surface area contributed by atoms with E-state index in [4.69, 9.17) is 0 Å². The molecule has 23 heavy (non-hydrogen) atoms. The summed E-state index contributed by atoms with van der Waals surface area (Å²) in [7, 11) is 0. The molecular weight excluding hydrogens is 284 g/mol. The van der Waals surface area contributed by atoms with Gasteiger partial charge in [-0.05, 0) is 49.8 Å². The maximum Gasteiger partial charge on any atom is 0.135 e. The smallest absolute Gasteiger partial charge is 0.135 e. The molecule has 1 N–H and O–H groups in total. The van der Waals surface area contributed by atoms with E-state index in [1.54, 1.807) is 6.33 Å². The fraction of sp³-hybridized carbons (Fsp3) is 0.474. The van der Waals surface area contributed by atoms with Crippen molar-refractivity contribution in [3.63, 3.8) is 0 Å². The van der Waals surface area contributed by atoms with Crippen LogP contribution < -0.4 is 10.2 Å². The maximum absolute atomic E-state index is 4.51. The van der Waals surface area contributed by atoms with Crippen molar-refractivity contribution in [1.82, 2.24) is 9.97 Å². The molecule has 0 aliphatic carbocycles. The first-order valence-corrected chi connectivity index (χ1v) is 8.74. The number of anilines is 3. The molecule has 1 fully saturated rings. The number of nitrogens with zero attached hydrogens (tertiary/aromatic N) is 3. The Bertz CT molecular complexity index is 624. The highest BCUT2D eigenvalue weighted by molar-refractivity contribution is 5.59. The topological polar surface area (TPSA) is 41.0 Å². The van der Waals surface area contributed by atoms with Crippen molar-refractivity contribution in [3.8, 4) is 0 Å². The summed E-state index contributed by atoms with van der Waals surface area (Å²) in [4.78, 5) is 11.3. The molecule has 2 aromatic rings. The van der Waals surface area contributed by atoms with Crippen LogP contribution in [-0.4, -0.2) is 22.6 Å². The molecule has 3 rings (SSSR count). The van der Waals surface area contributed by atoms with E-state index in [9.17, 15) is 0 Å². The van der Waals surface area contributed by atoms with Crippen LogP contribution in [0.15, 0.2) is 36.7 Å². The van der Waals surface area contributed by atoms with Gasteiger partial charge in [-0.25, -0.2) is 9.97 Å². The molecule has 2 heterocycles. The van der Waals surface area contributed by atoms with Crippen LogP contribution in [0.3, 0.4) is 0 Å². The number of nitrogens with one attached hydrogen (secondary N) is 1. The lowest BCUT2D eigenvalue weighted by atomic mass is 10.0. The lowest BCUT2D eigenvalue weighted by molar-refractivity contribution is 0.446. The second kappa shape index (κ2) is 7.44. The Morgan fingerprint density at radius 2 is 1.96 bits per heavy atom. The monoisotopic (exact) mass is 310 g/mol. The van der Waals surface area contributed by atoms with Gasteiger partial charge < -0.3 is 10.2 Å². The van der Waals surface area contributed by atoms with Gasteiger partial charge in [0.05, 0.1) is 0 Å². The largest absolute Gasteiger partial charge is 0.353 e. The fourth-order valence-corrected chi connectivity index (χ4v) is 3.27. The summed E-state index contributed by atoms with van der Waals surface area (Å²) < 4.78 is 0. The first-order valence-electron chi connectivity index (χ1n) is 8.74. The van der Waals surface area contributed by atoms with Crippen molar-refractivity contribution in [3.05, 3.63) is 42.2 Å². The van der Waals surface area contributed by atoms with Crippen LogP contribution in [0.1, 0.15) is 45.1 Å². The van der Waals surface area contributed by atoms with E-state index in [0.29, 0.717) is 6.04 Å². The number of aryl methyl sites for hydroxylation is 1. The number of piperidine rings is 1. The molecule has 1 saturated heterocycles. The van der Waals surface area contributed by atoms with Gasteiger partial charge >= 0.3 is 0 Å². The minimum Gasteiger partial charge on any atom is -0.353 e. The molecule has 0 bridgehead atoms. The maximum atomic E-state index is 4.51. The van der Waals surface area contributed by atoms with Crippen LogP contribution in [0.4, 0.5) is 17.3 Å². The molecule has 1 aliphatic rings. The molecule has 1 aromatic heterocycles. The first-order chi connectivity index (χ1) is 11.3. The van der Waals surface area contributed by atoms with Gasteiger partial charge in [0.25, 0.3) is 0 Å². The van der Waals surface area contributed by atoms with E-state index >= 15 is 0 Å². The Balaban J connectivity index is 1.76. The Hall–Kier alpha value is -2.10. The second-order valence-electron chi connectivity index (χ2n) is 6.19. The Labute approximate surface area is 139 Å². The van der Waals surface area contributed by atoms with Gasteiger partial charge in [0.15, 0.2) is 0 Å². The highest BCUT2D eigenvalue weighted by Gasteiger charge is 2.22. The summed E-state index contributed by atoms with van der Waals surface area (Å²) in [6.45, 7) is 5.53. The number of rotatable bonds is 5. The minimum atomic E-state index is 0.607. The molecule has 122 valence electrons. The molecule has 4 nitrogen and oxygen atoms in total. The highest BCUT2D eigenvalue weighted by Crippen LogP contribution is 2.26. The third kappa shape index (κ3) is 3.81. The van der Waals surface area contributed by atoms with E-state index in [1.165, 1.54) is 31.2 Å². The van der Waals surface area contributed by atoms with Gasteiger partial charge in [-0.15, -0.1) is 0 Å². The van der Waals surface area contributed by atoms with Gasteiger partial charge in [-0.3, -0.25) is 0 Å². The predicted octanol–water partition coefficient (Wildman–Crippen LogP) is 4.55. The number of hydrogen-bond donors (Lipinski definition) is 1. The number of benzene rings is 1. The predicted molar refractivity (Wildman–Crippen MR) is 96.4 cm³/mol. The highest BCUT2D eigenvalue weighted by atomic mass is 15.2. The molecule has 0 saturated carbocycles. The van der Waals surface area contributed by atoms with Gasteiger partial charge in [0.1, 0.15) is 18.0 Å². The first kappa shape index (κ1) is 15.8. The minimum absolute atomic E-state index is 0.607. The molecule has 0 spiro atoms. The van der Waals surface area contributed by atoms with Gasteiger partial charge in [0.2, 0.25) is 0 Å². The third-order valence-corrected chi connectivity index (χ3v) is 4.68. The van der Waals surface area contributed by atoms with Gasteiger partial charge in [0, 0.05) is 24.3 Å².